The highest BCUT2D eigenvalue weighted by Crippen LogP contribution is 2.32. The van der Waals surface area contributed by atoms with E-state index in [1.807, 2.05) is 37.3 Å². The molecule has 8 heteroatoms. The predicted octanol–water partition coefficient (Wildman–Crippen LogP) is 4.95. The van der Waals surface area contributed by atoms with Crippen LogP contribution in [0.1, 0.15) is 33.2 Å². The van der Waals surface area contributed by atoms with E-state index in [1.165, 1.54) is 6.21 Å². The molecule has 0 fully saturated rings. The van der Waals surface area contributed by atoms with Crippen molar-refractivity contribution in [3.8, 4) is 23.0 Å². The fourth-order valence-electron chi connectivity index (χ4n) is 3.77. The largest absolute Gasteiger partial charge is 0.494 e. The molecule has 36 heavy (non-hydrogen) atoms. The third-order valence-electron chi connectivity index (χ3n) is 5.53. The van der Waals surface area contributed by atoms with Crippen LogP contribution in [0.15, 0.2) is 84.0 Å². The van der Waals surface area contributed by atoms with Crippen LogP contribution < -0.4 is 24.4 Å². The molecule has 1 aliphatic rings. The fourth-order valence-corrected chi connectivity index (χ4v) is 3.77. The minimum atomic E-state index is -0.521. The SMILES string of the molecule is CCOc1ccc(C(=O)Oc2ccc3ccccc3c2C=NNC(=O)c2ccc3c(c2)OCO3)cc1. The lowest BCUT2D eigenvalue weighted by atomic mass is 10.0. The molecule has 0 spiro atoms. The molecule has 1 heterocycles. The van der Waals surface area contributed by atoms with Gasteiger partial charge in [0.15, 0.2) is 11.5 Å². The van der Waals surface area contributed by atoms with Crippen molar-refractivity contribution in [2.75, 3.05) is 13.4 Å². The lowest BCUT2D eigenvalue weighted by molar-refractivity contribution is 0.0734. The Morgan fingerprint density at radius 1 is 0.944 bits per heavy atom. The molecule has 0 unspecified atom stereocenters. The number of ether oxygens (including phenoxy) is 4. The number of nitrogens with one attached hydrogen (secondary N) is 1. The molecule has 0 aromatic heterocycles. The Kier molecular flexibility index (Phi) is 6.48. The molecule has 0 bridgehead atoms. The van der Waals surface area contributed by atoms with Crippen molar-refractivity contribution in [3.05, 3.63) is 95.6 Å². The second-order valence-electron chi connectivity index (χ2n) is 7.81. The molecule has 0 aliphatic carbocycles. The number of amides is 1. The van der Waals surface area contributed by atoms with Gasteiger partial charge in [0.2, 0.25) is 6.79 Å². The van der Waals surface area contributed by atoms with E-state index in [0.717, 1.165) is 10.8 Å². The Hall–Kier alpha value is -4.85. The van der Waals surface area contributed by atoms with Crippen LogP contribution in [0.25, 0.3) is 10.8 Å². The van der Waals surface area contributed by atoms with Crippen molar-refractivity contribution in [1.82, 2.24) is 5.43 Å². The topological polar surface area (TPSA) is 95.5 Å². The molecule has 4 aromatic rings. The van der Waals surface area contributed by atoms with Crippen molar-refractivity contribution in [3.63, 3.8) is 0 Å². The van der Waals surface area contributed by atoms with Gasteiger partial charge in [-0.15, -0.1) is 0 Å². The van der Waals surface area contributed by atoms with Crippen LogP contribution in [-0.2, 0) is 0 Å². The van der Waals surface area contributed by atoms with Gasteiger partial charge < -0.3 is 18.9 Å². The second-order valence-corrected chi connectivity index (χ2v) is 7.81. The molecular weight excluding hydrogens is 460 g/mol. The number of hydrogen-bond acceptors (Lipinski definition) is 7. The number of carbonyl (C=O) groups excluding carboxylic acids is 2. The molecular formula is C28H22N2O6. The summed E-state index contributed by atoms with van der Waals surface area (Å²) in [6.07, 6.45) is 1.47. The first kappa shape index (κ1) is 22.9. The third kappa shape index (κ3) is 4.83. The van der Waals surface area contributed by atoms with E-state index in [-0.39, 0.29) is 6.79 Å². The molecule has 0 saturated heterocycles. The molecule has 1 aliphatic heterocycles. The summed E-state index contributed by atoms with van der Waals surface area (Å²) in [6, 6.07) is 22.8. The van der Waals surface area contributed by atoms with Crippen LogP contribution in [-0.4, -0.2) is 31.5 Å². The Morgan fingerprint density at radius 3 is 2.56 bits per heavy atom. The molecule has 0 radical (unpaired) electrons. The molecule has 8 nitrogen and oxygen atoms in total. The summed E-state index contributed by atoms with van der Waals surface area (Å²) in [6.45, 7) is 2.55. The Bertz CT molecular complexity index is 1460. The monoisotopic (exact) mass is 482 g/mol. The lowest BCUT2D eigenvalue weighted by Gasteiger charge is -2.11. The van der Waals surface area contributed by atoms with Crippen molar-refractivity contribution in [2.24, 2.45) is 5.10 Å². The number of hydrogen-bond donors (Lipinski definition) is 1. The molecule has 180 valence electrons. The zero-order chi connectivity index (χ0) is 24.9. The van der Waals surface area contributed by atoms with Gasteiger partial charge in [-0.1, -0.05) is 30.3 Å². The summed E-state index contributed by atoms with van der Waals surface area (Å²) in [5.41, 5.74) is 3.82. The quantitative estimate of drug-likeness (QED) is 0.173. The summed E-state index contributed by atoms with van der Waals surface area (Å²) in [5, 5.41) is 5.88. The van der Waals surface area contributed by atoms with Crippen molar-refractivity contribution in [1.29, 1.82) is 0 Å². The van der Waals surface area contributed by atoms with Gasteiger partial charge in [-0.05, 0) is 66.2 Å². The van der Waals surface area contributed by atoms with E-state index in [1.54, 1.807) is 48.5 Å². The molecule has 1 amide bonds. The number of hydrazone groups is 1. The highest BCUT2D eigenvalue weighted by Gasteiger charge is 2.17. The summed E-state index contributed by atoms with van der Waals surface area (Å²) in [4.78, 5) is 25.4. The zero-order valence-electron chi connectivity index (χ0n) is 19.4. The maximum atomic E-state index is 12.8. The zero-order valence-corrected chi connectivity index (χ0v) is 19.4. The van der Waals surface area contributed by atoms with Crippen LogP contribution in [0, 0.1) is 0 Å². The van der Waals surface area contributed by atoms with Crippen LogP contribution in [0.4, 0.5) is 0 Å². The summed E-state index contributed by atoms with van der Waals surface area (Å²) in [7, 11) is 0. The molecule has 0 atom stereocenters. The van der Waals surface area contributed by atoms with Crippen LogP contribution in [0.3, 0.4) is 0 Å². The highest BCUT2D eigenvalue weighted by atomic mass is 16.7. The van der Waals surface area contributed by atoms with Crippen LogP contribution in [0.5, 0.6) is 23.0 Å². The van der Waals surface area contributed by atoms with Crippen molar-refractivity contribution >= 4 is 28.9 Å². The van der Waals surface area contributed by atoms with E-state index in [0.29, 0.717) is 46.3 Å². The van der Waals surface area contributed by atoms with E-state index < -0.39 is 11.9 Å². The maximum Gasteiger partial charge on any atom is 0.343 e. The van der Waals surface area contributed by atoms with Crippen LogP contribution >= 0.6 is 0 Å². The molecule has 0 saturated carbocycles. The normalized spacial score (nSPS) is 12.0. The number of carbonyl (C=O) groups is 2. The van der Waals surface area contributed by atoms with E-state index in [4.69, 9.17) is 18.9 Å². The number of nitrogens with zero attached hydrogens (tertiary/aromatic N) is 1. The smallest absolute Gasteiger partial charge is 0.343 e. The molecule has 4 aromatic carbocycles. The van der Waals surface area contributed by atoms with Gasteiger partial charge in [-0.25, -0.2) is 10.2 Å². The van der Waals surface area contributed by atoms with Gasteiger partial charge in [0, 0.05) is 11.1 Å². The lowest BCUT2D eigenvalue weighted by Crippen LogP contribution is -2.17. The maximum absolute atomic E-state index is 12.8. The first-order chi connectivity index (χ1) is 17.6. The summed E-state index contributed by atoms with van der Waals surface area (Å²) >= 11 is 0. The van der Waals surface area contributed by atoms with Gasteiger partial charge in [0.1, 0.15) is 11.5 Å². The standard InChI is InChI=1S/C28H22N2O6/c1-2-33-21-11-7-19(8-12-21)28(32)36-24-13-9-18-5-3-4-6-22(18)23(24)16-29-30-27(31)20-10-14-25-26(15-20)35-17-34-25/h3-16H,2,17H2,1H3,(H,30,31). The Labute approximate surface area is 207 Å². The highest BCUT2D eigenvalue weighted by molar-refractivity contribution is 6.04. The van der Waals surface area contributed by atoms with E-state index in [2.05, 4.69) is 10.5 Å². The van der Waals surface area contributed by atoms with Crippen LogP contribution in [0.2, 0.25) is 0 Å². The molecule has 5 rings (SSSR count). The average molecular weight is 482 g/mol. The van der Waals surface area contributed by atoms with Gasteiger partial charge in [0.05, 0.1) is 18.4 Å². The van der Waals surface area contributed by atoms with Gasteiger partial charge >= 0.3 is 5.97 Å². The average Bonchev–Trinajstić information content (AvgIpc) is 3.38. The number of rotatable bonds is 7. The minimum Gasteiger partial charge on any atom is -0.494 e. The van der Waals surface area contributed by atoms with Crippen molar-refractivity contribution < 1.29 is 28.5 Å². The Balaban J connectivity index is 1.38. The number of benzene rings is 4. The van der Waals surface area contributed by atoms with Gasteiger partial charge in [-0.3, -0.25) is 4.79 Å². The summed E-state index contributed by atoms with van der Waals surface area (Å²) in [5.74, 6) is 1.14. The Morgan fingerprint density at radius 2 is 1.72 bits per heavy atom. The second kappa shape index (κ2) is 10.2. The number of esters is 1. The minimum absolute atomic E-state index is 0.123. The first-order valence-electron chi connectivity index (χ1n) is 11.3. The van der Waals surface area contributed by atoms with Gasteiger partial charge in [0.25, 0.3) is 5.91 Å². The van der Waals surface area contributed by atoms with Gasteiger partial charge in [-0.2, -0.15) is 5.10 Å². The molecule has 1 N–H and O–H groups in total. The first-order valence-corrected chi connectivity index (χ1v) is 11.3. The fraction of sp³-hybridized carbons (Fsp3) is 0.107. The van der Waals surface area contributed by atoms with E-state index in [9.17, 15) is 9.59 Å². The van der Waals surface area contributed by atoms with Crippen molar-refractivity contribution in [2.45, 2.75) is 6.92 Å². The predicted molar refractivity (Wildman–Crippen MR) is 134 cm³/mol. The third-order valence-corrected chi connectivity index (χ3v) is 5.53. The van der Waals surface area contributed by atoms with E-state index >= 15 is 0 Å². The summed E-state index contributed by atoms with van der Waals surface area (Å²) < 4.78 is 21.7. The number of fused-ring (bicyclic) bond motifs is 2.